The summed E-state index contributed by atoms with van der Waals surface area (Å²) in [7, 11) is 0. The van der Waals surface area contributed by atoms with Gasteiger partial charge in [0.25, 0.3) is 0 Å². The number of aromatic nitrogens is 1. The molecule has 11 aromatic carbocycles. The lowest BCUT2D eigenvalue weighted by Crippen LogP contribution is -2.22. The number of hydrogen-bond acceptors (Lipinski definition) is 1. The first-order valence-corrected chi connectivity index (χ1v) is 23.6. The smallest absolute Gasteiger partial charge is 0.0547 e. The molecule has 1 unspecified atom stereocenters. The maximum Gasteiger partial charge on any atom is 0.0547 e. The average molecular weight is 867 g/mol. The van der Waals surface area contributed by atoms with Crippen LogP contribution >= 0.6 is 0 Å². The molecule has 13 rings (SSSR count). The second-order valence-corrected chi connectivity index (χ2v) is 18.1. The number of fused-ring (bicyclic) bond motifs is 7. The third kappa shape index (κ3) is 6.18. The van der Waals surface area contributed by atoms with E-state index in [0.717, 1.165) is 33.9 Å². The van der Waals surface area contributed by atoms with E-state index in [2.05, 4.69) is 277 Å². The van der Waals surface area contributed by atoms with Crippen LogP contribution in [0, 0.1) is 0 Å². The van der Waals surface area contributed by atoms with Crippen LogP contribution in [0.4, 0.5) is 17.1 Å². The second kappa shape index (κ2) is 16.0. The van der Waals surface area contributed by atoms with E-state index in [9.17, 15) is 0 Å². The first-order chi connectivity index (χ1) is 33.6. The van der Waals surface area contributed by atoms with E-state index in [1.807, 2.05) is 0 Å². The third-order valence-corrected chi connectivity index (χ3v) is 14.5. The SMILES string of the molecule is CC1(c2ccccc2)c2ccccc2-c2ccc(N(c3cccc(-c4cccc5c4c4ccccc4n5-c4ccccc4)c3)c3ccccc3-c3cccc4cccc(-c5ccccc5)c34)cc21. The zero-order valence-corrected chi connectivity index (χ0v) is 37.7. The van der Waals surface area contributed by atoms with Gasteiger partial charge in [-0.3, -0.25) is 0 Å². The van der Waals surface area contributed by atoms with Gasteiger partial charge in [-0.2, -0.15) is 0 Å². The quantitative estimate of drug-likeness (QED) is 0.148. The lowest BCUT2D eigenvalue weighted by molar-refractivity contribution is 0.714. The summed E-state index contributed by atoms with van der Waals surface area (Å²) < 4.78 is 2.40. The molecule has 12 aromatic rings. The Morgan fingerprint density at radius 2 is 0.912 bits per heavy atom. The van der Waals surface area contributed by atoms with Crippen LogP contribution in [-0.2, 0) is 5.41 Å². The topological polar surface area (TPSA) is 8.17 Å². The molecule has 0 N–H and O–H groups in total. The normalized spacial score (nSPS) is 14.0. The zero-order chi connectivity index (χ0) is 45.2. The highest BCUT2D eigenvalue weighted by molar-refractivity contribution is 6.16. The molecular formula is C66H46N2. The molecule has 0 saturated carbocycles. The van der Waals surface area contributed by atoms with Crippen molar-refractivity contribution in [3.63, 3.8) is 0 Å². The van der Waals surface area contributed by atoms with Gasteiger partial charge < -0.3 is 9.47 Å². The summed E-state index contributed by atoms with van der Waals surface area (Å²) in [6.45, 7) is 2.41. The molecule has 68 heavy (non-hydrogen) atoms. The van der Waals surface area contributed by atoms with Crippen LogP contribution in [-0.4, -0.2) is 4.57 Å². The fraction of sp³-hybridized carbons (Fsp3) is 0.0303. The van der Waals surface area contributed by atoms with Gasteiger partial charge in [-0.05, 0) is 128 Å². The predicted octanol–water partition coefficient (Wildman–Crippen LogP) is 17.7. The second-order valence-electron chi connectivity index (χ2n) is 18.1. The summed E-state index contributed by atoms with van der Waals surface area (Å²) in [5.41, 5.74) is 20.1. The Kier molecular flexibility index (Phi) is 9.33. The van der Waals surface area contributed by atoms with Crippen molar-refractivity contribution in [2.45, 2.75) is 12.3 Å². The van der Waals surface area contributed by atoms with Gasteiger partial charge in [-0.1, -0.05) is 206 Å². The predicted molar refractivity (Wildman–Crippen MR) is 287 cm³/mol. The van der Waals surface area contributed by atoms with Crippen LogP contribution in [0.1, 0.15) is 23.6 Å². The van der Waals surface area contributed by atoms with Crippen molar-refractivity contribution >= 4 is 49.6 Å². The molecule has 2 heteroatoms. The van der Waals surface area contributed by atoms with Crippen LogP contribution in [0.25, 0.3) is 82.8 Å². The minimum Gasteiger partial charge on any atom is -0.310 e. The van der Waals surface area contributed by atoms with Crippen LogP contribution in [0.3, 0.4) is 0 Å². The first kappa shape index (κ1) is 39.6. The molecule has 2 nitrogen and oxygen atoms in total. The Morgan fingerprint density at radius 1 is 0.353 bits per heavy atom. The summed E-state index contributed by atoms with van der Waals surface area (Å²) >= 11 is 0. The maximum atomic E-state index is 2.50. The minimum absolute atomic E-state index is 0.362. The molecule has 1 aliphatic carbocycles. The van der Waals surface area contributed by atoms with Crippen molar-refractivity contribution in [3.8, 4) is 50.2 Å². The van der Waals surface area contributed by atoms with Crippen molar-refractivity contribution in [2.24, 2.45) is 0 Å². The molecule has 1 aliphatic rings. The molecule has 0 saturated heterocycles. The summed E-state index contributed by atoms with van der Waals surface area (Å²) in [5, 5.41) is 4.93. The van der Waals surface area contributed by atoms with E-state index in [-0.39, 0.29) is 5.41 Å². The zero-order valence-electron chi connectivity index (χ0n) is 37.7. The Labute approximate surface area is 397 Å². The molecule has 0 radical (unpaired) electrons. The van der Waals surface area contributed by atoms with E-state index < -0.39 is 0 Å². The Hall–Kier alpha value is -8.72. The molecule has 0 spiro atoms. The lowest BCUT2D eigenvalue weighted by atomic mass is 9.74. The van der Waals surface area contributed by atoms with Gasteiger partial charge in [0.05, 0.1) is 16.7 Å². The Bertz CT molecular complexity index is 3860. The van der Waals surface area contributed by atoms with Crippen LogP contribution in [0.2, 0.25) is 0 Å². The molecule has 0 bridgehead atoms. The lowest BCUT2D eigenvalue weighted by Gasteiger charge is -2.32. The van der Waals surface area contributed by atoms with Crippen molar-refractivity contribution in [2.75, 3.05) is 4.90 Å². The van der Waals surface area contributed by atoms with E-state index in [0.29, 0.717) is 0 Å². The number of para-hydroxylation sites is 3. The van der Waals surface area contributed by atoms with Crippen LogP contribution in [0.15, 0.2) is 261 Å². The standard InChI is InChI=1S/C66H46N2/c1-66(48-26-7-3-8-27-48)59-37-14-11-31-54(59)55-42-41-51(44-60(55)66)67(61-38-15-12-32-56(61)57-36-19-24-46-23-18-34-52(64(46)57)45-21-5-2-6-22-45)50-30-17-25-47(43-50)53-35-20-40-63-65(53)58-33-13-16-39-62(58)68(63)49-28-9-4-10-29-49/h2-44H,1H3. The fourth-order valence-corrected chi connectivity index (χ4v) is 11.4. The molecule has 320 valence electrons. The van der Waals surface area contributed by atoms with E-state index in [1.54, 1.807) is 0 Å². The van der Waals surface area contributed by atoms with Crippen molar-refractivity contribution < 1.29 is 0 Å². The number of rotatable bonds is 8. The molecule has 0 fully saturated rings. The Morgan fingerprint density at radius 3 is 1.72 bits per heavy atom. The molecule has 1 atom stereocenters. The van der Waals surface area contributed by atoms with E-state index in [4.69, 9.17) is 0 Å². The molecular weight excluding hydrogens is 821 g/mol. The maximum absolute atomic E-state index is 2.50. The largest absolute Gasteiger partial charge is 0.310 e. The molecule has 1 aromatic heterocycles. The van der Waals surface area contributed by atoms with Gasteiger partial charge in [-0.25, -0.2) is 0 Å². The van der Waals surface area contributed by atoms with Crippen LogP contribution in [0.5, 0.6) is 0 Å². The number of anilines is 3. The highest BCUT2D eigenvalue weighted by atomic mass is 15.1. The number of benzene rings is 11. The molecule has 0 aliphatic heterocycles. The van der Waals surface area contributed by atoms with E-state index in [1.165, 1.54) is 82.6 Å². The fourth-order valence-electron chi connectivity index (χ4n) is 11.4. The molecule has 1 heterocycles. The highest BCUT2D eigenvalue weighted by Crippen LogP contribution is 2.55. The third-order valence-electron chi connectivity index (χ3n) is 14.5. The summed E-state index contributed by atoms with van der Waals surface area (Å²) in [4.78, 5) is 2.50. The van der Waals surface area contributed by atoms with Crippen molar-refractivity contribution in [3.05, 3.63) is 278 Å². The van der Waals surface area contributed by atoms with Gasteiger partial charge >= 0.3 is 0 Å². The van der Waals surface area contributed by atoms with Crippen molar-refractivity contribution in [1.29, 1.82) is 0 Å². The van der Waals surface area contributed by atoms with Gasteiger partial charge in [0.1, 0.15) is 0 Å². The van der Waals surface area contributed by atoms with Crippen molar-refractivity contribution in [1.82, 2.24) is 4.57 Å². The van der Waals surface area contributed by atoms with Gasteiger partial charge in [0.2, 0.25) is 0 Å². The number of nitrogens with zero attached hydrogens (tertiary/aromatic N) is 2. The monoisotopic (exact) mass is 866 g/mol. The summed E-state index contributed by atoms with van der Waals surface area (Å²) in [6.07, 6.45) is 0. The number of hydrogen-bond donors (Lipinski definition) is 0. The minimum atomic E-state index is -0.362. The summed E-state index contributed by atoms with van der Waals surface area (Å²) in [5.74, 6) is 0. The highest BCUT2D eigenvalue weighted by Gasteiger charge is 2.41. The summed E-state index contributed by atoms with van der Waals surface area (Å²) in [6, 6.07) is 95.9. The van der Waals surface area contributed by atoms with E-state index >= 15 is 0 Å². The van der Waals surface area contributed by atoms with Gasteiger partial charge in [0, 0.05) is 38.8 Å². The average Bonchev–Trinajstić information content (AvgIpc) is 3.89. The Balaban J connectivity index is 1.07. The van der Waals surface area contributed by atoms with Gasteiger partial charge in [0.15, 0.2) is 0 Å². The van der Waals surface area contributed by atoms with Crippen LogP contribution < -0.4 is 4.90 Å². The first-order valence-electron chi connectivity index (χ1n) is 23.6. The van der Waals surface area contributed by atoms with Gasteiger partial charge in [-0.15, -0.1) is 0 Å². The molecule has 0 amide bonds.